The van der Waals surface area contributed by atoms with Gasteiger partial charge in [-0.1, -0.05) is 12.1 Å². The molecule has 0 unspecified atom stereocenters. The molecule has 23 heavy (non-hydrogen) atoms. The topological polar surface area (TPSA) is 61.0 Å². The van der Waals surface area contributed by atoms with Crippen LogP contribution >= 0.6 is 0 Å². The number of hydrogen-bond acceptors (Lipinski definition) is 3. The zero-order valence-corrected chi connectivity index (χ0v) is 12.7. The van der Waals surface area contributed by atoms with Crippen molar-refractivity contribution in [2.75, 3.05) is 23.3 Å². The summed E-state index contributed by atoms with van der Waals surface area (Å²) in [6.45, 7) is 2.10. The number of carbonyl (C=O) groups is 1. The molecule has 0 bridgehead atoms. The number of fused-ring (bicyclic) bond motifs is 1. The van der Waals surface area contributed by atoms with Gasteiger partial charge in [-0.15, -0.1) is 0 Å². The summed E-state index contributed by atoms with van der Waals surface area (Å²) in [5.74, 6) is -0.104. The molecule has 1 saturated heterocycles. The molecule has 1 aliphatic heterocycles. The van der Waals surface area contributed by atoms with Crippen molar-refractivity contribution in [2.45, 2.75) is 12.8 Å². The largest absolute Gasteiger partial charge is 0.370 e. The van der Waals surface area contributed by atoms with Gasteiger partial charge in [0, 0.05) is 18.7 Å². The van der Waals surface area contributed by atoms with Crippen LogP contribution in [0.3, 0.4) is 0 Å². The molecule has 4 rings (SSSR count). The van der Waals surface area contributed by atoms with Crippen molar-refractivity contribution in [3.63, 3.8) is 0 Å². The number of aromatic amines is 1. The van der Waals surface area contributed by atoms with E-state index in [2.05, 4.69) is 26.3 Å². The van der Waals surface area contributed by atoms with E-state index in [1.165, 1.54) is 12.8 Å². The Hall–Kier alpha value is -2.82. The van der Waals surface area contributed by atoms with Crippen LogP contribution in [-0.4, -0.2) is 29.0 Å². The molecule has 2 N–H and O–H groups in total. The van der Waals surface area contributed by atoms with Gasteiger partial charge in [-0.05, 0) is 43.2 Å². The van der Waals surface area contributed by atoms with Gasteiger partial charge in [-0.25, -0.2) is 4.98 Å². The fourth-order valence-corrected chi connectivity index (χ4v) is 3.08. The molecule has 3 aromatic rings. The summed E-state index contributed by atoms with van der Waals surface area (Å²) < 4.78 is 0. The number of imidazole rings is 1. The Morgan fingerprint density at radius 2 is 1.96 bits per heavy atom. The molecule has 1 aromatic heterocycles. The summed E-state index contributed by atoms with van der Waals surface area (Å²) in [6, 6.07) is 13.5. The zero-order chi connectivity index (χ0) is 15.6. The van der Waals surface area contributed by atoms with Gasteiger partial charge in [0.2, 0.25) is 0 Å². The van der Waals surface area contributed by atoms with E-state index < -0.39 is 0 Å². The molecule has 0 aliphatic carbocycles. The van der Waals surface area contributed by atoms with Crippen molar-refractivity contribution in [2.24, 2.45) is 0 Å². The Kier molecular flexibility index (Phi) is 3.46. The Morgan fingerprint density at radius 1 is 1.13 bits per heavy atom. The second-order valence-corrected chi connectivity index (χ2v) is 5.80. The van der Waals surface area contributed by atoms with Gasteiger partial charge in [-0.3, -0.25) is 4.79 Å². The fraction of sp³-hybridized carbons (Fsp3) is 0.222. The second-order valence-electron chi connectivity index (χ2n) is 5.80. The van der Waals surface area contributed by atoms with Crippen molar-refractivity contribution in [1.29, 1.82) is 0 Å². The average Bonchev–Trinajstić information content (AvgIpc) is 3.26. The summed E-state index contributed by atoms with van der Waals surface area (Å²) in [4.78, 5) is 22.1. The standard InChI is InChI=1S/C18H18N4O/c23-18(13-7-8-14-16(11-13)20-12-19-14)21-15-5-1-2-6-17(15)22-9-3-4-10-22/h1-2,5-8,11-12H,3-4,9-10H2,(H,19,20)(H,21,23). The minimum absolute atomic E-state index is 0.104. The van der Waals surface area contributed by atoms with E-state index >= 15 is 0 Å². The number of H-pyrrole nitrogens is 1. The third-order valence-corrected chi connectivity index (χ3v) is 4.28. The number of anilines is 2. The first-order valence-electron chi connectivity index (χ1n) is 7.90. The number of nitrogens with one attached hydrogen (secondary N) is 2. The average molecular weight is 306 g/mol. The Bertz CT molecular complexity index is 849. The highest BCUT2D eigenvalue weighted by molar-refractivity contribution is 6.07. The summed E-state index contributed by atoms with van der Waals surface area (Å²) in [5, 5.41) is 3.05. The van der Waals surface area contributed by atoms with Crippen molar-refractivity contribution in [3.05, 3.63) is 54.4 Å². The monoisotopic (exact) mass is 306 g/mol. The minimum atomic E-state index is -0.104. The van der Waals surface area contributed by atoms with Crippen LogP contribution in [0.1, 0.15) is 23.2 Å². The summed E-state index contributed by atoms with van der Waals surface area (Å²) in [7, 11) is 0. The van der Waals surface area contributed by atoms with Crippen LogP contribution < -0.4 is 10.2 Å². The molecule has 2 heterocycles. The molecule has 2 aromatic carbocycles. The van der Waals surface area contributed by atoms with Crippen LogP contribution in [0, 0.1) is 0 Å². The van der Waals surface area contributed by atoms with E-state index in [1.807, 2.05) is 30.3 Å². The Labute approximate surface area is 134 Å². The lowest BCUT2D eigenvalue weighted by atomic mass is 10.1. The van der Waals surface area contributed by atoms with Crippen LogP contribution in [0.4, 0.5) is 11.4 Å². The number of rotatable bonds is 3. The number of nitrogens with zero attached hydrogens (tertiary/aromatic N) is 2. The zero-order valence-electron chi connectivity index (χ0n) is 12.7. The maximum absolute atomic E-state index is 12.6. The summed E-state index contributed by atoms with van der Waals surface area (Å²) in [5.41, 5.74) is 4.31. The third kappa shape index (κ3) is 2.65. The van der Waals surface area contributed by atoms with Crippen LogP contribution in [0.2, 0.25) is 0 Å². The van der Waals surface area contributed by atoms with E-state index in [0.29, 0.717) is 5.56 Å². The molecule has 1 aliphatic rings. The first-order valence-corrected chi connectivity index (χ1v) is 7.90. The summed E-state index contributed by atoms with van der Waals surface area (Å²) in [6.07, 6.45) is 4.05. The van der Waals surface area contributed by atoms with Crippen LogP contribution in [-0.2, 0) is 0 Å². The second kappa shape index (κ2) is 5.76. The van der Waals surface area contributed by atoms with Gasteiger partial charge in [0.25, 0.3) is 5.91 Å². The van der Waals surface area contributed by atoms with E-state index in [1.54, 1.807) is 12.4 Å². The third-order valence-electron chi connectivity index (χ3n) is 4.28. The highest BCUT2D eigenvalue weighted by atomic mass is 16.1. The molecular formula is C18H18N4O. The number of carbonyl (C=O) groups excluding carboxylic acids is 1. The molecule has 5 heteroatoms. The fourth-order valence-electron chi connectivity index (χ4n) is 3.08. The van der Waals surface area contributed by atoms with Crippen LogP contribution in [0.15, 0.2) is 48.8 Å². The summed E-state index contributed by atoms with van der Waals surface area (Å²) >= 11 is 0. The number of para-hydroxylation sites is 2. The molecule has 0 saturated carbocycles. The number of hydrogen-bond donors (Lipinski definition) is 2. The van der Waals surface area contributed by atoms with Gasteiger partial charge in [0.15, 0.2) is 0 Å². The van der Waals surface area contributed by atoms with Crippen molar-refractivity contribution in [1.82, 2.24) is 9.97 Å². The van der Waals surface area contributed by atoms with Crippen LogP contribution in [0.25, 0.3) is 11.0 Å². The SMILES string of the molecule is O=C(Nc1ccccc1N1CCCC1)c1ccc2nc[nH]c2c1. The van der Waals surface area contributed by atoms with Gasteiger partial charge in [0.1, 0.15) is 0 Å². The molecule has 0 radical (unpaired) electrons. The number of amides is 1. The van der Waals surface area contributed by atoms with Crippen molar-refractivity contribution in [3.8, 4) is 0 Å². The number of aromatic nitrogens is 2. The van der Waals surface area contributed by atoms with Gasteiger partial charge >= 0.3 is 0 Å². The quantitative estimate of drug-likeness (QED) is 0.779. The lowest BCUT2D eigenvalue weighted by molar-refractivity contribution is 0.102. The maximum atomic E-state index is 12.6. The highest BCUT2D eigenvalue weighted by Gasteiger charge is 2.17. The predicted molar refractivity (Wildman–Crippen MR) is 91.9 cm³/mol. The molecule has 0 spiro atoms. The van der Waals surface area contributed by atoms with Gasteiger partial charge < -0.3 is 15.2 Å². The molecular weight excluding hydrogens is 288 g/mol. The van der Waals surface area contributed by atoms with E-state index in [9.17, 15) is 4.79 Å². The lowest BCUT2D eigenvalue weighted by Gasteiger charge is -2.21. The Morgan fingerprint density at radius 3 is 2.83 bits per heavy atom. The molecule has 0 atom stereocenters. The van der Waals surface area contributed by atoms with Crippen molar-refractivity contribution >= 4 is 28.3 Å². The number of benzene rings is 2. The molecule has 1 amide bonds. The molecule has 1 fully saturated rings. The highest BCUT2D eigenvalue weighted by Crippen LogP contribution is 2.29. The maximum Gasteiger partial charge on any atom is 0.255 e. The van der Waals surface area contributed by atoms with E-state index in [0.717, 1.165) is 35.5 Å². The minimum Gasteiger partial charge on any atom is -0.370 e. The van der Waals surface area contributed by atoms with Crippen molar-refractivity contribution < 1.29 is 4.79 Å². The molecule has 5 nitrogen and oxygen atoms in total. The van der Waals surface area contributed by atoms with E-state index in [4.69, 9.17) is 0 Å². The van der Waals surface area contributed by atoms with E-state index in [-0.39, 0.29) is 5.91 Å². The smallest absolute Gasteiger partial charge is 0.255 e. The first-order chi connectivity index (χ1) is 11.3. The Balaban J connectivity index is 1.61. The van der Waals surface area contributed by atoms with Gasteiger partial charge in [0.05, 0.1) is 28.7 Å². The van der Waals surface area contributed by atoms with Gasteiger partial charge in [-0.2, -0.15) is 0 Å². The first kappa shape index (κ1) is 13.8. The van der Waals surface area contributed by atoms with Crippen LogP contribution in [0.5, 0.6) is 0 Å². The molecule has 116 valence electrons. The lowest BCUT2D eigenvalue weighted by Crippen LogP contribution is -2.21. The predicted octanol–water partition coefficient (Wildman–Crippen LogP) is 3.42. The normalized spacial score (nSPS) is 14.3.